The third-order valence-corrected chi connectivity index (χ3v) is 6.17. The zero-order valence-electron chi connectivity index (χ0n) is 12.0. The molecule has 1 aliphatic heterocycles. The first kappa shape index (κ1) is 17.2. The van der Waals surface area contributed by atoms with E-state index in [2.05, 4.69) is 0 Å². The average molecular weight is 313 g/mol. The summed E-state index contributed by atoms with van der Waals surface area (Å²) in [6, 6.07) is -0.156. The molecule has 5 nitrogen and oxygen atoms in total. The molecule has 0 aromatic carbocycles. The Morgan fingerprint density at radius 2 is 2.21 bits per heavy atom. The summed E-state index contributed by atoms with van der Waals surface area (Å²) in [4.78, 5) is 0. The second-order valence-electron chi connectivity index (χ2n) is 5.04. The minimum Gasteiger partial charge on any atom is -0.383 e. The van der Waals surface area contributed by atoms with Gasteiger partial charge >= 0.3 is 0 Å². The van der Waals surface area contributed by atoms with Gasteiger partial charge in [-0.3, -0.25) is 0 Å². The summed E-state index contributed by atoms with van der Waals surface area (Å²) in [6.07, 6.45) is 1.89. The first-order valence-corrected chi connectivity index (χ1v) is 8.72. The van der Waals surface area contributed by atoms with Crippen molar-refractivity contribution in [3.63, 3.8) is 0 Å². The van der Waals surface area contributed by atoms with Gasteiger partial charge in [0.2, 0.25) is 0 Å². The molecule has 0 amide bonds. The molecule has 7 heteroatoms. The van der Waals surface area contributed by atoms with Gasteiger partial charge < -0.3 is 4.74 Å². The van der Waals surface area contributed by atoms with Gasteiger partial charge in [0.1, 0.15) is 0 Å². The van der Waals surface area contributed by atoms with Gasteiger partial charge in [-0.25, -0.2) is 0 Å². The highest BCUT2D eigenvalue weighted by Crippen LogP contribution is 2.23. The maximum atomic E-state index is 12.6. The smallest absolute Gasteiger partial charge is 0.282 e. The van der Waals surface area contributed by atoms with Crippen molar-refractivity contribution in [1.82, 2.24) is 8.61 Å². The maximum absolute atomic E-state index is 12.6. The largest absolute Gasteiger partial charge is 0.383 e. The number of nitrogens with zero attached hydrogens (tertiary/aromatic N) is 2. The lowest BCUT2D eigenvalue weighted by molar-refractivity contribution is 0.137. The van der Waals surface area contributed by atoms with Gasteiger partial charge in [-0.05, 0) is 25.7 Å². The summed E-state index contributed by atoms with van der Waals surface area (Å²) >= 11 is 5.87. The first-order valence-electron chi connectivity index (χ1n) is 6.79. The predicted molar refractivity (Wildman–Crippen MR) is 77.7 cm³/mol. The van der Waals surface area contributed by atoms with Gasteiger partial charge in [0.05, 0.1) is 6.61 Å². The van der Waals surface area contributed by atoms with Crippen LogP contribution in [0, 0.1) is 5.92 Å². The molecule has 0 bridgehead atoms. The Balaban J connectivity index is 2.82. The van der Waals surface area contributed by atoms with Crippen LogP contribution < -0.4 is 0 Å². The van der Waals surface area contributed by atoms with Crippen molar-refractivity contribution in [3.05, 3.63) is 0 Å². The fraction of sp³-hybridized carbons (Fsp3) is 1.00. The van der Waals surface area contributed by atoms with Gasteiger partial charge in [0.25, 0.3) is 10.2 Å². The quantitative estimate of drug-likeness (QED) is 0.670. The fourth-order valence-electron chi connectivity index (χ4n) is 2.54. The van der Waals surface area contributed by atoms with E-state index in [1.807, 2.05) is 13.8 Å². The van der Waals surface area contributed by atoms with Crippen molar-refractivity contribution < 1.29 is 13.2 Å². The molecular formula is C12H25ClN2O3S. The van der Waals surface area contributed by atoms with Crippen molar-refractivity contribution >= 4 is 21.8 Å². The van der Waals surface area contributed by atoms with E-state index >= 15 is 0 Å². The summed E-state index contributed by atoms with van der Waals surface area (Å²) < 4.78 is 33.4. The van der Waals surface area contributed by atoms with Gasteiger partial charge in [-0.1, -0.05) is 6.92 Å². The van der Waals surface area contributed by atoms with Gasteiger partial charge in [0, 0.05) is 38.7 Å². The molecule has 2 unspecified atom stereocenters. The van der Waals surface area contributed by atoms with Crippen LogP contribution in [0.15, 0.2) is 0 Å². The molecule has 1 heterocycles. The van der Waals surface area contributed by atoms with Crippen molar-refractivity contribution in [2.75, 3.05) is 39.2 Å². The van der Waals surface area contributed by atoms with Crippen LogP contribution >= 0.6 is 11.6 Å². The number of rotatable bonds is 7. The van der Waals surface area contributed by atoms with Crippen LogP contribution in [0.1, 0.15) is 26.7 Å². The molecule has 0 aliphatic carbocycles. The Bertz CT molecular complexity index is 364. The number of ether oxygens (including phenoxy) is 1. The molecule has 1 fully saturated rings. The molecular weight excluding hydrogens is 288 g/mol. The van der Waals surface area contributed by atoms with E-state index in [0.29, 0.717) is 32.1 Å². The second kappa shape index (κ2) is 7.78. The second-order valence-corrected chi connectivity index (χ2v) is 7.23. The Morgan fingerprint density at radius 1 is 1.53 bits per heavy atom. The third-order valence-electron chi connectivity index (χ3n) is 3.53. The van der Waals surface area contributed by atoms with E-state index < -0.39 is 10.2 Å². The highest BCUT2D eigenvalue weighted by Gasteiger charge is 2.34. The van der Waals surface area contributed by atoms with Gasteiger partial charge in [-0.15, -0.1) is 11.6 Å². The third kappa shape index (κ3) is 4.29. The van der Waals surface area contributed by atoms with Crippen LogP contribution in [0.2, 0.25) is 0 Å². The highest BCUT2D eigenvalue weighted by molar-refractivity contribution is 7.86. The molecule has 114 valence electrons. The van der Waals surface area contributed by atoms with E-state index in [1.54, 1.807) is 11.4 Å². The fourth-order valence-corrected chi connectivity index (χ4v) is 4.69. The summed E-state index contributed by atoms with van der Waals surface area (Å²) in [5, 5.41) is 0. The average Bonchev–Trinajstić information content (AvgIpc) is 2.39. The van der Waals surface area contributed by atoms with E-state index in [0.717, 1.165) is 12.8 Å². The number of hydrogen-bond acceptors (Lipinski definition) is 3. The van der Waals surface area contributed by atoms with Gasteiger partial charge in [0.15, 0.2) is 0 Å². The SMILES string of the molecule is CCN(C(C)COC)S(=O)(=O)N1CCCC(CCl)C1. The number of piperidine rings is 1. The zero-order chi connectivity index (χ0) is 14.5. The number of alkyl halides is 1. The number of hydrogen-bond donors (Lipinski definition) is 0. The Morgan fingerprint density at radius 3 is 2.74 bits per heavy atom. The van der Waals surface area contributed by atoms with Crippen molar-refractivity contribution in [3.8, 4) is 0 Å². The van der Waals surface area contributed by atoms with Crippen LogP contribution in [0.3, 0.4) is 0 Å². The number of methoxy groups -OCH3 is 1. The monoisotopic (exact) mass is 312 g/mol. The molecule has 0 radical (unpaired) electrons. The van der Waals surface area contributed by atoms with Crippen LogP contribution in [-0.2, 0) is 14.9 Å². The van der Waals surface area contributed by atoms with Crippen LogP contribution in [0.5, 0.6) is 0 Å². The lowest BCUT2D eigenvalue weighted by Gasteiger charge is -2.36. The van der Waals surface area contributed by atoms with Crippen LogP contribution in [0.25, 0.3) is 0 Å². The lowest BCUT2D eigenvalue weighted by Crippen LogP contribution is -2.51. The molecule has 1 aliphatic rings. The minimum atomic E-state index is -3.41. The molecule has 1 saturated heterocycles. The summed E-state index contributed by atoms with van der Waals surface area (Å²) in [6.45, 7) is 5.70. The Hall–Kier alpha value is 0.120. The molecule has 0 spiro atoms. The van der Waals surface area contributed by atoms with Crippen LogP contribution in [0.4, 0.5) is 0 Å². The Labute approximate surface area is 122 Å². The normalized spacial score (nSPS) is 23.7. The minimum absolute atomic E-state index is 0.156. The summed E-state index contributed by atoms with van der Waals surface area (Å²) in [5.41, 5.74) is 0. The summed E-state index contributed by atoms with van der Waals surface area (Å²) in [5.74, 6) is 0.785. The number of halogens is 1. The predicted octanol–water partition coefficient (Wildman–Crippen LogP) is 1.54. The van der Waals surface area contributed by atoms with Gasteiger partial charge in [-0.2, -0.15) is 17.0 Å². The van der Waals surface area contributed by atoms with Crippen LogP contribution in [-0.4, -0.2) is 62.3 Å². The highest BCUT2D eigenvalue weighted by atomic mass is 35.5. The molecule has 1 rings (SSSR count). The molecule has 0 aromatic heterocycles. The van der Waals surface area contributed by atoms with Crippen molar-refractivity contribution in [1.29, 1.82) is 0 Å². The van der Waals surface area contributed by atoms with E-state index in [4.69, 9.17) is 16.3 Å². The molecule has 0 N–H and O–H groups in total. The standard InChI is InChI=1S/C12H25ClN2O3S/c1-4-15(11(2)10-18-3)19(16,17)14-7-5-6-12(8-13)9-14/h11-12H,4-10H2,1-3H3. The number of likely N-dealkylation sites (N-methyl/N-ethyl adjacent to an activating group) is 1. The molecule has 19 heavy (non-hydrogen) atoms. The van der Waals surface area contributed by atoms with E-state index in [9.17, 15) is 8.42 Å². The summed E-state index contributed by atoms with van der Waals surface area (Å²) in [7, 11) is -1.83. The maximum Gasteiger partial charge on any atom is 0.282 e. The first-order chi connectivity index (χ1) is 8.97. The lowest BCUT2D eigenvalue weighted by atomic mass is 10.0. The molecule has 2 atom stereocenters. The van der Waals surface area contributed by atoms with E-state index in [1.165, 1.54) is 4.31 Å². The van der Waals surface area contributed by atoms with Crippen molar-refractivity contribution in [2.45, 2.75) is 32.7 Å². The van der Waals surface area contributed by atoms with E-state index in [-0.39, 0.29) is 12.0 Å². The molecule has 0 saturated carbocycles. The topological polar surface area (TPSA) is 49.9 Å². The zero-order valence-corrected chi connectivity index (χ0v) is 13.6. The van der Waals surface area contributed by atoms with Crippen molar-refractivity contribution in [2.24, 2.45) is 5.92 Å². The Kier molecular flexibility index (Phi) is 7.04. The molecule has 0 aromatic rings.